The Hall–Kier alpha value is -2.89. The highest BCUT2D eigenvalue weighted by molar-refractivity contribution is 5.96. The molecule has 2 N–H and O–H groups in total. The van der Waals surface area contributed by atoms with Crippen molar-refractivity contribution < 1.29 is 14.0 Å². The molecule has 0 spiro atoms. The summed E-state index contributed by atoms with van der Waals surface area (Å²) in [6.07, 6.45) is 2.88. The zero-order chi connectivity index (χ0) is 14.2. The third kappa shape index (κ3) is 4.09. The van der Waals surface area contributed by atoms with Crippen LogP contribution in [0, 0.1) is 0 Å². The van der Waals surface area contributed by atoms with Crippen molar-refractivity contribution in [2.24, 2.45) is 5.10 Å². The van der Waals surface area contributed by atoms with Gasteiger partial charge >= 0.3 is 0 Å². The Morgan fingerprint density at radius 1 is 1.15 bits per heavy atom. The number of hydrazone groups is 1. The summed E-state index contributed by atoms with van der Waals surface area (Å²) in [7, 11) is 0. The van der Waals surface area contributed by atoms with E-state index in [1.165, 1.54) is 12.5 Å². The van der Waals surface area contributed by atoms with Gasteiger partial charge in [-0.2, -0.15) is 5.10 Å². The molecule has 0 bridgehead atoms. The van der Waals surface area contributed by atoms with Crippen LogP contribution in [0.4, 0.5) is 0 Å². The molecule has 0 saturated carbocycles. The molecule has 1 heterocycles. The minimum absolute atomic E-state index is 0.150. The first-order chi connectivity index (χ1) is 9.75. The highest BCUT2D eigenvalue weighted by atomic mass is 16.3. The van der Waals surface area contributed by atoms with Crippen molar-refractivity contribution in [2.75, 3.05) is 6.54 Å². The number of hydrogen-bond donors (Lipinski definition) is 2. The molecule has 0 aliphatic carbocycles. The molecule has 20 heavy (non-hydrogen) atoms. The highest BCUT2D eigenvalue weighted by Crippen LogP contribution is 1.97. The van der Waals surface area contributed by atoms with E-state index in [4.69, 9.17) is 4.42 Å². The van der Waals surface area contributed by atoms with Gasteiger partial charge in [0.25, 0.3) is 11.8 Å². The number of nitrogens with one attached hydrogen (secondary N) is 2. The van der Waals surface area contributed by atoms with E-state index >= 15 is 0 Å². The average Bonchev–Trinajstić information content (AvgIpc) is 2.99. The summed E-state index contributed by atoms with van der Waals surface area (Å²) in [5.41, 5.74) is 2.78. The van der Waals surface area contributed by atoms with Gasteiger partial charge in [0.1, 0.15) is 5.76 Å². The Bertz CT molecular complexity index is 591. The van der Waals surface area contributed by atoms with Gasteiger partial charge in [0.2, 0.25) is 0 Å². The lowest BCUT2D eigenvalue weighted by atomic mass is 10.2. The minimum Gasteiger partial charge on any atom is -0.463 e. The largest absolute Gasteiger partial charge is 0.463 e. The second kappa shape index (κ2) is 6.89. The van der Waals surface area contributed by atoms with E-state index in [0.717, 1.165) is 0 Å². The van der Waals surface area contributed by atoms with Crippen LogP contribution in [-0.2, 0) is 4.79 Å². The Balaban J connectivity index is 1.74. The second-order valence-electron chi connectivity index (χ2n) is 3.86. The first-order valence-corrected chi connectivity index (χ1v) is 5.94. The van der Waals surface area contributed by atoms with E-state index in [1.54, 1.807) is 36.4 Å². The van der Waals surface area contributed by atoms with Crippen LogP contribution in [0.15, 0.2) is 58.2 Å². The van der Waals surface area contributed by atoms with E-state index < -0.39 is 5.91 Å². The number of benzene rings is 1. The summed E-state index contributed by atoms with van der Waals surface area (Å²) in [6.45, 7) is -0.150. The molecule has 2 amide bonds. The fraction of sp³-hybridized carbons (Fsp3) is 0.0714. The van der Waals surface area contributed by atoms with Crippen LogP contribution in [0.5, 0.6) is 0 Å². The lowest BCUT2D eigenvalue weighted by Gasteiger charge is -2.03. The summed E-state index contributed by atoms with van der Waals surface area (Å²) >= 11 is 0. The third-order valence-corrected chi connectivity index (χ3v) is 2.37. The van der Waals surface area contributed by atoms with Crippen LogP contribution in [0.25, 0.3) is 0 Å². The number of furan rings is 1. The monoisotopic (exact) mass is 271 g/mol. The van der Waals surface area contributed by atoms with Gasteiger partial charge in [-0.1, -0.05) is 18.2 Å². The summed E-state index contributed by atoms with van der Waals surface area (Å²) in [5.74, 6) is -0.202. The van der Waals surface area contributed by atoms with Gasteiger partial charge in [0.15, 0.2) is 0 Å². The molecule has 0 fully saturated rings. The Morgan fingerprint density at radius 2 is 1.95 bits per heavy atom. The second-order valence-corrected chi connectivity index (χ2v) is 3.86. The zero-order valence-corrected chi connectivity index (χ0v) is 10.6. The van der Waals surface area contributed by atoms with E-state index in [-0.39, 0.29) is 12.5 Å². The summed E-state index contributed by atoms with van der Waals surface area (Å²) in [4.78, 5) is 23.1. The van der Waals surface area contributed by atoms with Gasteiger partial charge in [-0.05, 0) is 24.3 Å². The maximum absolute atomic E-state index is 11.7. The first kappa shape index (κ1) is 13.5. The molecule has 0 saturated heterocycles. The van der Waals surface area contributed by atoms with Gasteiger partial charge < -0.3 is 9.73 Å². The molecular weight excluding hydrogens is 258 g/mol. The number of carbonyl (C=O) groups excluding carboxylic acids is 2. The van der Waals surface area contributed by atoms with Crippen molar-refractivity contribution >= 4 is 18.0 Å². The summed E-state index contributed by atoms with van der Waals surface area (Å²) in [5, 5.41) is 6.19. The van der Waals surface area contributed by atoms with Crippen molar-refractivity contribution in [3.8, 4) is 0 Å². The number of nitrogens with zero attached hydrogens (tertiary/aromatic N) is 1. The third-order valence-electron chi connectivity index (χ3n) is 2.37. The molecule has 1 aromatic carbocycles. The average molecular weight is 271 g/mol. The van der Waals surface area contributed by atoms with Gasteiger partial charge in [0.05, 0.1) is 19.0 Å². The maximum atomic E-state index is 11.7. The zero-order valence-electron chi connectivity index (χ0n) is 10.6. The van der Waals surface area contributed by atoms with Crippen LogP contribution in [-0.4, -0.2) is 24.6 Å². The van der Waals surface area contributed by atoms with Crippen molar-refractivity contribution in [1.29, 1.82) is 0 Å². The molecule has 0 radical (unpaired) electrons. The van der Waals surface area contributed by atoms with E-state index in [9.17, 15) is 9.59 Å². The molecule has 1 aromatic heterocycles. The lowest BCUT2D eigenvalue weighted by Crippen LogP contribution is -2.34. The van der Waals surface area contributed by atoms with E-state index in [0.29, 0.717) is 11.3 Å². The van der Waals surface area contributed by atoms with E-state index in [2.05, 4.69) is 15.8 Å². The topological polar surface area (TPSA) is 83.7 Å². The van der Waals surface area contributed by atoms with E-state index in [1.807, 2.05) is 6.07 Å². The lowest BCUT2D eigenvalue weighted by molar-refractivity contribution is -0.120. The van der Waals surface area contributed by atoms with Gasteiger partial charge in [-0.3, -0.25) is 9.59 Å². The molecule has 102 valence electrons. The van der Waals surface area contributed by atoms with Crippen molar-refractivity contribution in [3.05, 3.63) is 60.1 Å². The van der Waals surface area contributed by atoms with Gasteiger partial charge in [-0.25, -0.2) is 5.43 Å². The quantitative estimate of drug-likeness (QED) is 0.632. The molecule has 0 aliphatic heterocycles. The van der Waals surface area contributed by atoms with Crippen LogP contribution in [0.3, 0.4) is 0 Å². The fourth-order valence-electron chi connectivity index (χ4n) is 1.42. The summed E-state index contributed by atoms with van der Waals surface area (Å²) in [6, 6.07) is 12.1. The minimum atomic E-state index is -0.419. The van der Waals surface area contributed by atoms with Crippen LogP contribution in [0.2, 0.25) is 0 Å². The number of carbonyl (C=O) groups is 2. The molecule has 0 aliphatic rings. The van der Waals surface area contributed by atoms with Crippen LogP contribution < -0.4 is 10.7 Å². The molecule has 2 rings (SSSR count). The molecule has 6 heteroatoms. The maximum Gasteiger partial charge on any atom is 0.259 e. The molecule has 0 unspecified atom stereocenters. The number of amides is 2. The number of hydrogen-bond acceptors (Lipinski definition) is 4. The van der Waals surface area contributed by atoms with Crippen LogP contribution in [0.1, 0.15) is 16.1 Å². The predicted octanol–water partition coefficient (Wildman–Crippen LogP) is 1.16. The highest BCUT2D eigenvalue weighted by Gasteiger charge is 2.06. The standard InChI is InChI=1S/C14H13N3O3/c18-13(17-16-9-12-7-4-8-20-12)10-15-14(19)11-5-2-1-3-6-11/h1-9H,10H2,(H,15,19)(H,17,18)/b16-9+. The molecule has 2 aromatic rings. The Labute approximate surface area is 115 Å². The van der Waals surface area contributed by atoms with Crippen LogP contribution >= 0.6 is 0 Å². The summed E-state index contributed by atoms with van der Waals surface area (Å²) < 4.78 is 5.00. The Kier molecular flexibility index (Phi) is 4.66. The molecule has 0 atom stereocenters. The van der Waals surface area contributed by atoms with Crippen molar-refractivity contribution in [3.63, 3.8) is 0 Å². The van der Waals surface area contributed by atoms with Gasteiger partial charge in [-0.15, -0.1) is 0 Å². The first-order valence-electron chi connectivity index (χ1n) is 5.94. The number of rotatable bonds is 5. The molecular formula is C14H13N3O3. The SMILES string of the molecule is O=C(CNC(=O)c1ccccc1)N/N=C/c1ccco1. The fourth-order valence-corrected chi connectivity index (χ4v) is 1.42. The van der Waals surface area contributed by atoms with Crippen molar-refractivity contribution in [1.82, 2.24) is 10.7 Å². The smallest absolute Gasteiger partial charge is 0.259 e. The van der Waals surface area contributed by atoms with Gasteiger partial charge in [0, 0.05) is 5.56 Å². The Morgan fingerprint density at radius 3 is 2.65 bits per heavy atom. The van der Waals surface area contributed by atoms with Crippen molar-refractivity contribution in [2.45, 2.75) is 0 Å². The molecule has 6 nitrogen and oxygen atoms in total. The normalized spacial score (nSPS) is 10.4. The predicted molar refractivity (Wildman–Crippen MR) is 73.2 cm³/mol.